The van der Waals surface area contributed by atoms with E-state index in [1.165, 1.54) is 37.2 Å². The molecule has 0 amide bonds. The van der Waals surface area contributed by atoms with Crippen LogP contribution in [0.5, 0.6) is 5.88 Å². The summed E-state index contributed by atoms with van der Waals surface area (Å²) in [5.74, 6) is 0.750. The van der Waals surface area contributed by atoms with E-state index >= 15 is 0 Å². The zero-order valence-corrected chi connectivity index (χ0v) is 11.0. The maximum absolute atomic E-state index is 5.13. The van der Waals surface area contributed by atoms with Crippen LogP contribution in [0.1, 0.15) is 24.1 Å². The largest absolute Gasteiger partial charge is 0.480 e. The Balaban J connectivity index is 1.61. The van der Waals surface area contributed by atoms with Crippen LogP contribution in [0.2, 0.25) is 0 Å². The highest BCUT2D eigenvalue weighted by Gasteiger charge is 2.29. The zero-order valence-electron chi connectivity index (χ0n) is 10.2. The highest BCUT2D eigenvalue weighted by Crippen LogP contribution is 2.23. The molecule has 0 saturated carbocycles. The van der Waals surface area contributed by atoms with Crippen LogP contribution in [-0.4, -0.2) is 41.6 Å². The van der Waals surface area contributed by atoms with Crippen molar-refractivity contribution in [3.8, 4) is 5.88 Å². The summed E-state index contributed by atoms with van der Waals surface area (Å²) in [4.78, 5) is 3.85. The summed E-state index contributed by atoms with van der Waals surface area (Å²) < 4.78 is 9.38. The second-order valence-corrected chi connectivity index (χ2v) is 5.89. The molecule has 94 valence electrons. The van der Waals surface area contributed by atoms with Gasteiger partial charge >= 0.3 is 0 Å². The van der Waals surface area contributed by atoms with Crippen molar-refractivity contribution in [2.24, 2.45) is 0 Å². The number of methoxy groups -OCH3 is 1. The molecular formula is C12H19N3OS. The first-order chi connectivity index (χ1) is 8.33. The van der Waals surface area contributed by atoms with Gasteiger partial charge in [0.15, 0.2) is 0 Å². The predicted molar refractivity (Wildman–Crippen MR) is 68.5 cm³/mol. The molecule has 2 atom stereocenters. The number of rotatable bonds is 3. The van der Waals surface area contributed by atoms with Gasteiger partial charge < -0.3 is 10.1 Å². The lowest BCUT2D eigenvalue weighted by atomic mass is 10.1. The van der Waals surface area contributed by atoms with E-state index in [9.17, 15) is 0 Å². The Morgan fingerprint density at radius 2 is 2.35 bits per heavy atom. The van der Waals surface area contributed by atoms with Crippen LogP contribution in [0.15, 0.2) is 6.07 Å². The molecule has 2 aliphatic heterocycles. The Morgan fingerprint density at radius 1 is 1.47 bits per heavy atom. The van der Waals surface area contributed by atoms with Crippen molar-refractivity contribution in [3.05, 3.63) is 10.9 Å². The minimum absolute atomic E-state index is 0.706. The summed E-state index contributed by atoms with van der Waals surface area (Å²) in [6.07, 6.45) is 3.99. The third kappa shape index (κ3) is 2.61. The second-order valence-electron chi connectivity index (χ2n) is 5.00. The smallest absolute Gasteiger partial charge is 0.225 e. The van der Waals surface area contributed by atoms with E-state index < -0.39 is 0 Å². The van der Waals surface area contributed by atoms with E-state index in [2.05, 4.69) is 20.7 Å². The number of hydrogen-bond acceptors (Lipinski definition) is 5. The van der Waals surface area contributed by atoms with Crippen LogP contribution < -0.4 is 10.1 Å². The van der Waals surface area contributed by atoms with Crippen LogP contribution >= 0.6 is 11.5 Å². The van der Waals surface area contributed by atoms with Gasteiger partial charge in [0.2, 0.25) is 5.88 Å². The second kappa shape index (κ2) is 4.92. The molecule has 2 saturated heterocycles. The van der Waals surface area contributed by atoms with Crippen LogP contribution in [0.4, 0.5) is 0 Å². The summed E-state index contributed by atoms with van der Waals surface area (Å²) in [6, 6.07) is 3.53. The third-order valence-corrected chi connectivity index (χ3v) is 4.49. The first kappa shape index (κ1) is 11.4. The van der Waals surface area contributed by atoms with Crippen molar-refractivity contribution in [2.45, 2.75) is 37.9 Å². The lowest BCUT2D eigenvalue weighted by Gasteiger charge is -2.22. The summed E-state index contributed by atoms with van der Waals surface area (Å²) in [7, 11) is 1.67. The van der Waals surface area contributed by atoms with Crippen molar-refractivity contribution < 1.29 is 4.74 Å². The molecule has 5 heteroatoms. The molecule has 1 aromatic rings. The minimum atomic E-state index is 0.706. The maximum Gasteiger partial charge on any atom is 0.225 e. The molecule has 3 rings (SSSR count). The molecule has 0 radical (unpaired) electrons. The molecule has 0 spiro atoms. The molecule has 0 aromatic carbocycles. The Hall–Kier alpha value is -0.650. The molecule has 2 unspecified atom stereocenters. The first-order valence-corrected chi connectivity index (χ1v) is 7.09. The van der Waals surface area contributed by atoms with E-state index in [0.717, 1.165) is 18.5 Å². The van der Waals surface area contributed by atoms with Crippen molar-refractivity contribution in [1.82, 2.24) is 14.6 Å². The summed E-state index contributed by atoms with van der Waals surface area (Å²) in [6.45, 7) is 3.40. The van der Waals surface area contributed by atoms with Gasteiger partial charge in [-0.2, -0.15) is 4.37 Å². The molecule has 2 bridgehead atoms. The normalized spacial score (nSPS) is 29.2. The Bertz CT molecular complexity index is 382. The molecule has 3 heterocycles. The van der Waals surface area contributed by atoms with Gasteiger partial charge in [-0.15, -0.1) is 0 Å². The van der Waals surface area contributed by atoms with E-state index in [4.69, 9.17) is 4.74 Å². The van der Waals surface area contributed by atoms with Crippen molar-refractivity contribution in [1.29, 1.82) is 0 Å². The van der Waals surface area contributed by atoms with E-state index in [0.29, 0.717) is 6.04 Å². The van der Waals surface area contributed by atoms with Crippen molar-refractivity contribution in [2.75, 3.05) is 20.2 Å². The first-order valence-electron chi connectivity index (χ1n) is 6.31. The van der Waals surface area contributed by atoms with Crippen LogP contribution in [0.25, 0.3) is 0 Å². The molecule has 1 aromatic heterocycles. The molecule has 2 aliphatic rings. The van der Waals surface area contributed by atoms with Gasteiger partial charge in [0.05, 0.1) is 7.11 Å². The number of likely N-dealkylation sites (tertiary alicyclic amines) is 1. The van der Waals surface area contributed by atoms with Gasteiger partial charge in [0.1, 0.15) is 0 Å². The lowest BCUT2D eigenvalue weighted by molar-refractivity contribution is 0.253. The highest BCUT2D eigenvalue weighted by molar-refractivity contribution is 7.05. The van der Waals surface area contributed by atoms with E-state index in [1.807, 2.05) is 0 Å². The standard InChI is InChI=1S/C12H19N3OS/c1-16-12-6-11(17-14-12)8-15-5-4-9-2-3-10(7-15)13-9/h6,9-10,13H,2-5,7-8H2,1H3. The van der Waals surface area contributed by atoms with Gasteiger partial charge in [0, 0.05) is 42.7 Å². The Labute approximate surface area is 106 Å². The Morgan fingerprint density at radius 3 is 3.18 bits per heavy atom. The number of nitrogens with zero attached hydrogens (tertiary/aromatic N) is 2. The van der Waals surface area contributed by atoms with Gasteiger partial charge in [-0.25, -0.2) is 0 Å². The predicted octanol–water partition coefficient (Wildman–Crippen LogP) is 1.48. The number of fused-ring (bicyclic) bond motifs is 2. The molecule has 2 fully saturated rings. The van der Waals surface area contributed by atoms with Gasteiger partial charge in [-0.1, -0.05) is 0 Å². The van der Waals surface area contributed by atoms with Crippen LogP contribution in [-0.2, 0) is 6.54 Å². The van der Waals surface area contributed by atoms with Gasteiger partial charge in [0.25, 0.3) is 0 Å². The van der Waals surface area contributed by atoms with Crippen molar-refractivity contribution in [3.63, 3.8) is 0 Å². The van der Waals surface area contributed by atoms with Crippen LogP contribution in [0, 0.1) is 0 Å². The van der Waals surface area contributed by atoms with E-state index in [-0.39, 0.29) is 0 Å². The summed E-state index contributed by atoms with van der Waals surface area (Å²) >= 11 is 1.56. The van der Waals surface area contributed by atoms with Crippen LogP contribution in [0.3, 0.4) is 0 Å². The number of hydrogen-bond donors (Lipinski definition) is 1. The summed E-state index contributed by atoms with van der Waals surface area (Å²) in [5.41, 5.74) is 0. The lowest BCUT2D eigenvalue weighted by Crippen LogP contribution is -2.34. The molecule has 0 aliphatic carbocycles. The quantitative estimate of drug-likeness (QED) is 0.885. The van der Waals surface area contributed by atoms with Crippen molar-refractivity contribution >= 4 is 11.5 Å². The monoisotopic (exact) mass is 253 g/mol. The fourth-order valence-electron chi connectivity index (χ4n) is 2.84. The zero-order chi connectivity index (χ0) is 11.7. The maximum atomic E-state index is 5.13. The molecule has 17 heavy (non-hydrogen) atoms. The summed E-state index contributed by atoms with van der Waals surface area (Å²) in [5, 5.41) is 3.71. The topological polar surface area (TPSA) is 37.4 Å². The molecule has 1 N–H and O–H groups in total. The molecular weight excluding hydrogens is 234 g/mol. The fourth-order valence-corrected chi connectivity index (χ4v) is 3.57. The van der Waals surface area contributed by atoms with Gasteiger partial charge in [-0.05, 0) is 30.8 Å². The fraction of sp³-hybridized carbons (Fsp3) is 0.750. The number of ether oxygens (including phenoxy) is 1. The van der Waals surface area contributed by atoms with Gasteiger partial charge in [-0.3, -0.25) is 4.90 Å². The SMILES string of the molecule is COc1cc(CN2CCC3CCC(C2)N3)sn1. The third-order valence-electron chi connectivity index (χ3n) is 3.73. The number of aromatic nitrogens is 1. The minimum Gasteiger partial charge on any atom is -0.480 e. The van der Waals surface area contributed by atoms with E-state index in [1.54, 1.807) is 18.6 Å². The Kier molecular flexibility index (Phi) is 3.31. The average molecular weight is 253 g/mol. The highest BCUT2D eigenvalue weighted by atomic mass is 32.1. The molecule has 4 nitrogen and oxygen atoms in total. The average Bonchev–Trinajstić information content (AvgIpc) is 2.89. The number of nitrogens with one attached hydrogen (secondary N) is 1.